The summed E-state index contributed by atoms with van der Waals surface area (Å²) in [5.41, 5.74) is 1.93. The van der Waals surface area contributed by atoms with Crippen LogP contribution in [-0.2, 0) is 4.79 Å². The van der Waals surface area contributed by atoms with Crippen LogP contribution in [-0.4, -0.2) is 19.6 Å². The molecule has 1 heterocycles. The monoisotopic (exact) mass is 483 g/mol. The Balaban J connectivity index is 1.69. The maximum absolute atomic E-state index is 13.2. The van der Waals surface area contributed by atoms with Crippen LogP contribution in [0.15, 0.2) is 69.9 Å². The van der Waals surface area contributed by atoms with Crippen LogP contribution >= 0.6 is 23.2 Å². The molecule has 0 unspecified atom stereocenters. The number of benzene rings is 3. The van der Waals surface area contributed by atoms with Gasteiger partial charge in [-0.1, -0.05) is 35.3 Å². The number of aryl methyl sites for hydroxylation is 1. The van der Waals surface area contributed by atoms with Gasteiger partial charge in [0.1, 0.15) is 11.3 Å². The quantitative estimate of drug-likeness (QED) is 0.358. The minimum absolute atomic E-state index is 0.0659. The van der Waals surface area contributed by atoms with Crippen molar-refractivity contribution in [2.45, 2.75) is 6.92 Å². The molecule has 0 spiro atoms. The van der Waals surface area contributed by atoms with E-state index in [9.17, 15) is 9.59 Å². The van der Waals surface area contributed by atoms with Gasteiger partial charge in [-0.3, -0.25) is 9.59 Å². The molecule has 6 nitrogen and oxygen atoms in total. The van der Waals surface area contributed by atoms with Crippen LogP contribution in [0.2, 0.25) is 10.0 Å². The van der Waals surface area contributed by atoms with Crippen molar-refractivity contribution in [2.75, 3.05) is 19.0 Å². The first kappa shape index (κ1) is 22.7. The summed E-state index contributed by atoms with van der Waals surface area (Å²) < 4.78 is 17.0. The molecule has 0 radical (unpaired) electrons. The second kappa shape index (κ2) is 9.57. The number of nitrogens with one attached hydrogen (secondary N) is 1. The summed E-state index contributed by atoms with van der Waals surface area (Å²) >= 11 is 12.1. The van der Waals surface area contributed by atoms with Gasteiger partial charge in [0, 0.05) is 5.56 Å². The second-order valence-electron chi connectivity index (χ2n) is 7.26. The molecule has 1 aromatic heterocycles. The van der Waals surface area contributed by atoms with E-state index in [0.717, 1.165) is 5.56 Å². The number of fused-ring (bicyclic) bond motifs is 1. The number of hydrogen-bond acceptors (Lipinski definition) is 5. The Morgan fingerprint density at radius 3 is 2.55 bits per heavy atom. The molecule has 0 atom stereocenters. The SMILES string of the molecule is COc1ccc(-c2oc3cc(C)ccc3c(=O)c2OCC(=O)Nc2cccc(Cl)c2Cl)cc1. The number of methoxy groups -OCH3 is 1. The summed E-state index contributed by atoms with van der Waals surface area (Å²) in [4.78, 5) is 25.8. The number of halogens is 2. The molecule has 33 heavy (non-hydrogen) atoms. The van der Waals surface area contributed by atoms with E-state index in [1.54, 1.807) is 61.7 Å². The highest BCUT2D eigenvalue weighted by molar-refractivity contribution is 6.44. The van der Waals surface area contributed by atoms with Crippen molar-refractivity contribution in [3.8, 4) is 22.8 Å². The molecule has 0 fully saturated rings. The molecule has 4 rings (SSSR count). The Morgan fingerprint density at radius 2 is 1.82 bits per heavy atom. The third-order valence-corrected chi connectivity index (χ3v) is 5.75. The maximum atomic E-state index is 13.2. The van der Waals surface area contributed by atoms with Gasteiger partial charge in [0.2, 0.25) is 11.2 Å². The first-order valence-corrected chi connectivity index (χ1v) is 10.7. The molecule has 1 N–H and O–H groups in total. The zero-order valence-electron chi connectivity index (χ0n) is 17.8. The van der Waals surface area contributed by atoms with E-state index in [-0.39, 0.29) is 22.0 Å². The van der Waals surface area contributed by atoms with Gasteiger partial charge in [0.05, 0.1) is 28.2 Å². The number of anilines is 1. The highest BCUT2D eigenvalue weighted by Crippen LogP contribution is 2.33. The Bertz CT molecular complexity index is 1400. The van der Waals surface area contributed by atoms with Gasteiger partial charge in [-0.2, -0.15) is 0 Å². The van der Waals surface area contributed by atoms with Crippen molar-refractivity contribution >= 4 is 45.8 Å². The van der Waals surface area contributed by atoms with Crippen LogP contribution in [0.3, 0.4) is 0 Å². The third kappa shape index (κ3) is 4.82. The van der Waals surface area contributed by atoms with Gasteiger partial charge in [0.15, 0.2) is 12.4 Å². The summed E-state index contributed by atoms with van der Waals surface area (Å²) in [6.45, 7) is 1.47. The van der Waals surface area contributed by atoms with Crippen LogP contribution in [0.1, 0.15) is 5.56 Å². The average molecular weight is 484 g/mol. The third-order valence-electron chi connectivity index (χ3n) is 4.93. The van der Waals surface area contributed by atoms with Gasteiger partial charge < -0.3 is 19.2 Å². The van der Waals surface area contributed by atoms with E-state index in [2.05, 4.69) is 5.32 Å². The number of carbonyl (C=O) groups is 1. The van der Waals surface area contributed by atoms with Crippen LogP contribution in [0.25, 0.3) is 22.3 Å². The Labute approximate surface area is 199 Å². The Hall–Kier alpha value is -3.48. The predicted octanol–water partition coefficient (Wildman–Crippen LogP) is 6.10. The molecule has 0 aliphatic carbocycles. The molecule has 0 saturated carbocycles. The summed E-state index contributed by atoms with van der Waals surface area (Å²) in [7, 11) is 1.56. The average Bonchev–Trinajstić information content (AvgIpc) is 2.81. The zero-order chi connectivity index (χ0) is 23.5. The molecule has 0 bridgehead atoms. The highest BCUT2D eigenvalue weighted by Gasteiger charge is 2.19. The maximum Gasteiger partial charge on any atom is 0.262 e. The predicted molar refractivity (Wildman–Crippen MR) is 130 cm³/mol. The summed E-state index contributed by atoms with van der Waals surface area (Å²) in [6, 6.07) is 17.1. The number of carbonyl (C=O) groups excluding carboxylic acids is 1. The first-order chi connectivity index (χ1) is 15.9. The van der Waals surface area contributed by atoms with Crippen LogP contribution < -0.4 is 20.2 Å². The standard InChI is InChI=1S/C25H19Cl2NO5/c1-14-6-11-17-20(12-14)33-24(15-7-9-16(31-2)10-8-15)25(23(17)30)32-13-21(29)28-19-5-3-4-18(26)22(19)27/h3-12H,13H2,1-2H3,(H,28,29). The van der Waals surface area contributed by atoms with E-state index in [1.165, 1.54) is 0 Å². The Morgan fingerprint density at radius 1 is 1.06 bits per heavy atom. The fraction of sp³-hybridized carbons (Fsp3) is 0.120. The molecule has 0 saturated heterocycles. The zero-order valence-corrected chi connectivity index (χ0v) is 19.3. The second-order valence-corrected chi connectivity index (χ2v) is 8.04. The lowest BCUT2D eigenvalue weighted by Crippen LogP contribution is -2.22. The van der Waals surface area contributed by atoms with E-state index in [4.69, 9.17) is 37.1 Å². The topological polar surface area (TPSA) is 77.8 Å². The van der Waals surface area contributed by atoms with E-state index >= 15 is 0 Å². The molecule has 3 aromatic carbocycles. The molecule has 8 heteroatoms. The summed E-state index contributed by atoms with van der Waals surface area (Å²) in [5, 5.41) is 3.51. The molecule has 1 amide bonds. The Kier molecular flexibility index (Phi) is 6.58. The van der Waals surface area contributed by atoms with Crippen LogP contribution in [0, 0.1) is 6.92 Å². The van der Waals surface area contributed by atoms with Gasteiger partial charge in [0.25, 0.3) is 5.91 Å². The van der Waals surface area contributed by atoms with Gasteiger partial charge in [-0.15, -0.1) is 0 Å². The molecular formula is C25H19Cl2NO5. The van der Waals surface area contributed by atoms with Gasteiger partial charge >= 0.3 is 0 Å². The number of rotatable bonds is 6. The fourth-order valence-corrected chi connectivity index (χ4v) is 3.62. The van der Waals surface area contributed by atoms with E-state index in [1.807, 2.05) is 13.0 Å². The normalized spacial score (nSPS) is 10.8. The number of amides is 1. The minimum Gasteiger partial charge on any atom is -0.497 e. The van der Waals surface area contributed by atoms with Gasteiger partial charge in [-0.05, 0) is 61.0 Å². The van der Waals surface area contributed by atoms with Crippen molar-refractivity contribution in [1.29, 1.82) is 0 Å². The van der Waals surface area contributed by atoms with E-state index in [0.29, 0.717) is 33.0 Å². The molecule has 4 aromatic rings. The first-order valence-electron chi connectivity index (χ1n) is 9.96. The van der Waals surface area contributed by atoms with Crippen molar-refractivity contribution in [3.05, 3.63) is 86.5 Å². The smallest absolute Gasteiger partial charge is 0.262 e. The molecule has 168 valence electrons. The van der Waals surface area contributed by atoms with Crippen LogP contribution in [0.4, 0.5) is 5.69 Å². The molecule has 0 aliphatic heterocycles. The number of ether oxygens (including phenoxy) is 2. The van der Waals surface area contributed by atoms with E-state index < -0.39 is 12.5 Å². The summed E-state index contributed by atoms with van der Waals surface area (Å²) in [6.07, 6.45) is 0. The molecular weight excluding hydrogens is 465 g/mol. The lowest BCUT2D eigenvalue weighted by molar-refractivity contribution is -0.118. The van der Waals surface area contributed by atoms with Gasteiger partial charge in [-0.25, -0.2) is 0 Å². The fourth-order valence-electron chi connectivity index (χ4n) is 3.27. The molecule has 0 aliphatic rings. The summed E-state index contributed by atoms with van der Waals surface area (Å²) in [5.74, 6) is 0.291. The minimum atomic E-state index is -0.511. The lowest BCUT2D eigenvalue weighted by Gasteiger charge is -2.13. The largest absolute Gasteiger partial charge is 0.497 e. The number of hydrogen-bond donors (Lipinski definition) is 1. The van der Waals surface area contributed by atoms with Crippen molar-refractivity contribution < 1.29 is 18.7 Å². The van der Waals surface area contributed by atoms with Crippen molar-refractivity contribution in [2.24, 2.45) is 0 Å². The van der Waals surface area contributed by atoms with Crippen molar-refractivity contribution in [3.63, 3.8) is 0 Å². The van der Waals surface area contributed by atoms with Crippen LogP contribution in [0.5, 0.6) is 11.5 Å². The lowest BCUT2D eigenvalue weighted by atomic mass is 10.1. The van der Waals surface area contributed by atoms with Crippen molar-refractivity contribution in [1.82, 2.24) is 0 Å². The highest BCUT2D eigenvalue weighted by atomic mass is 35.5.